The molecule has 0 aliphatic heterocycles. The number of hydrogen-bond acceptors (Lipinski definition) is 4. The molecule has 0 spiro atoms. The van der Waals surface area contributed by atoms with Gasteiger partial charge < -0.3 is 4.90 Å². The number of nitrogens with zero attached hydrogens (tertiary/aromatic N) is 1. The van der Waals surface area contributed by atoms with Crippen molar-refractivity contribution in [1.82, 2.24) is 4.90 Å². The van der Waals surface area contributed by atoms with Crippen LogP contribution in [0.3, 0.4) is 0 Å². The van der Waals surface area contributed by atoms with Gasteiger partial charge in [0.05, 0.1) is 12.9 Å². The number of hydrogen-bond donors (Lipinski definition) is 0. The molecule has 0 unspecified atom stereocenters. The first kappa shape index (κ1) is 16.2. The quantitative estimate of drug-likeness (QED) is 0.672. The van der Waals surface area contributed by atoms with Gasteiger partial charge in [-0.15, -0.1) is 0 Å². The molecule has 0 saturated carbocycles. The summed E-state index contributed by atoms with van der Waals surface area (Å²) in [5.74, 6) is -1.99. The van der Waals surface area contributed by atoms with Crippen molar-refractivity contribution in [2.45, 2.75) is 19.5 Å². The number of halogens is 3. The van der Waals surface area contributed by atoms with Gasteiger partial charge >= 0.3 is 12.1 Å². The Kier molecular flexibility index (Phi) is 5.89. The van der Waals surface area contributed by atoms with E-state index in [1.807, 2.05) is 0 Å². The molecular weight excluding hydrogens is 263 g/mol. The van der Waals surface area contributed by atoms with Crippen LogP contribution in [0.15, 0.2) is 0 Å². The summed E-state index contributed by atoms with van der Waals surface area (Å²) in [6.45, 7) is 0.597. The molecule has 0 aromatic rings. The molecule has 0 N–H and O–H groups in total. The molecule has 0 aliphatic rings. The minimum Gasteiger partial charge on any atom is -0.333 e. The molecule has 0 rings (SSSR count). The van der Waals surface area contributed by atoms with Crippen LogP contribution in [-0.4, -0.2) is 51.4 Å². The Morgan fingerprint density at radius 3 is 2.18 bits per heavy atom. The van der Waals surface area contributed by atoms with E-state index in [0.717, 1.165) is 6.26 Å². The van der Waals surface area contributed by atoms with E-state index in [1.165, 1.54) is 0 Å². The predicted octanol–water partition coefficient (Wildman–Crippen LogP) is 0.764. The maximum atomic E-state index is 12.1. The van der Waals surface area contributed by atoms with Crippen LogP contribution in [0.2, 0.25) is 0 Å². The molecule has 0 atom stereocenters. The van der Waals surface area contributed by atoms with E-state index >= 15 is 0 Å². The molecule has 1 amide bonds. The Morgan fingerprint density at radius 2 is 1.82 bits per heavy atom. The normalized spacial score (nSPS) is 12.5. The molecule has 102 valence electrons. The van der Waals surface area contributed by atoms with E-state index in [2.05, 4.69) is 4.18 Å². The Morgan fingerprint density at radius 1 is 1.29 bits per heavy atom. The summed E-state index contributed by atoms with van der Waals surface area (Å²) in [7, 11) is -3.72. The van der Waals surface area contributed by atoms with Gasteiger partial charge in [0.2, 0.25) is 0 Å². The van der Waals surface area contributed by atoms with E-state index in [-0.39, 0.29) is 6.54 Å². The molecule has 0 saturated heterocycles. The smallest absolute Gasteiger partial charge is 0.333 e. The largest absolute Gasteiger partial charge is 0.471 e. The molecule has 17 heavy (non-hydrogen) atoms. The van der Waals surface area contributed by atoms with Crippen molar-refractivity contribution in [3.8, 4) is 0 Å². The lowest BCUT2D eigenvalue weighted by Gasteiger charge is -2.22. The standard InChI is InChI=1S/C8H14F3NO4S/c1-3-4-12(7(13)8(9,10)11)5-6-16-17(2,14)15/h3-6H2,1-2H3. The maximum absolute atomic E-state index is 12.1. The SMILES string of the molecule is CCCN(CCOS(C)(=O)=O)C(=O)C(F)(F)F. The average molecular weight is 277 g/mol. The second kappa shape index (κ2) is 6.20. The third-order valence-electron chi connectivity index (χ3n) is 1.68. The minimum absolute atomic E-state index is 0.106. The molecule has 0 heterocycles. The van der Waals surface area contributed by atoms with E-state index < -0.39 is 35.4 Å². The Bertz CT molecular complexity index is 352. The number of alkyl halides is 3. The van der Waals surface area contributed by atoms with Crippen LogP contribution in [-0.2, 0) is 19.1 Å². The molecule has 0 fully saturated rings. The van der Waals surface area contributed by atoms with Crippen molar-refractivity contribution in [3.05, 3.63) is 0 Å². The van der Waals surface area contributed by atoms with Crippen LogP contribution < -0.4 is 0 Å². The zero-order chi connectivity index (χ0) is 13.7. The van der Waals surface area contributed by atoms with Gasteiger partial charge in [0.1, 0.15) is 0 Å². The zero-order valence-electron chi connectivity index (χ0n) is 9.45. The van der Waals surface area contributed by atoms with Crippen LogP contribution in [0.1, 0.15) is 13.3 Å². The molecular formula is C8H14F3NO4S. The van der Waals surface area contributed by atoms with Crippen molar-refractivity contribution >= 4 is 16.0 Å². The van der Waals surface area contributed by atoms with Gasteiger partial charge in [-0.2, -0.15) is 21.6 Å². The van der Waals surface area contributed by atoms with Crippen molar-refractivity contribution in [2.75, 3.05) is 26.0 Å². The Hall–Kier alpha value is -0.830. The highest BCUT2D eigenvalue weighted by molar-refractivity contribution is 7.85. The zero-order valence-corrected chi connectivity index (χ0v) is 10.3. The highest BCUT2D eigenvalue weighted by Crippen LogP contribution is 2.18. The van der Waals surface area contributed by atoms with E-state index in [1.54, 1.807) is 6.92 Å². The van der Waals surface area contributed by atoms with Gasteiger partial charge in [-0.3, -0.25) is 8.98 Å². The lowest BCUT2D eigenvalue weighted by Crippen LogP contribution is -2.43. The highest BCUT2D eigenvalue weighted by atomic mass is 32.2. The van der Waals surface area contributed by atoms with E-state index in [9.17, 15) is 26.4 Å². The van der Waals surface area contributed by atoms with Crippen molar-refractivity contribution in [1.29, 1.82) is 0 Å². The fourth-order valence-electron chi connectivity index (χ4n) is 1.06. The third kappa shape index (κ3) is 7.16. The first-order valence-corrected chi connectivity index (χ1v) is 6.60. The molecule has 0 aromatic carbocycles. The van der Waals surface area contributed by atoms with Crippen LogP contribution in [0, 0.1) is 0 Å². The number of carbonyl (C=O) groups excluding carboxylic acids is 1. The minimum atomic E-state index is -4.96. The lowest BCUT2D eigenvalue weighted by atomic mass is 10.4. The second-order valence-electron chi connectivity index (χ2n) is 3.32. The van der Waals surface area contributed by atoms with Gasteiger partial charge in [0.15, 0.2) is 0 Å². The molecule has 9 heteroatoms. The highest BCUT2D eigenvalue weighted by Gasteiger charge is 2.42. The van der Waals surface area contributed by atoms with Gasteiger partial charge in [0, 0.05) is 13.1 Å². The van der Waals surface area contributed by atoms with E-state index in [0.29, 0.717) is 11.3 Å². The Labute approximate surface area is 97.7 Å². The van der Waals surface area contributed by atoms with Crippen LogP contribution in [0.5, 0.6) is 0 Å². The van der Waals surface area contributed by atoms with Gasteiger partial charge in [-0.1, -0.05) is 6.92 Å². The summed E-state index contributed by atoms with van der Waals surface area (Å²) in [4.78, 5) is 11.4. The van der Waals surface area contributed by atoms with Crippen LogP contribution in [0.25, 0.3) is 0 Å². The van der Waals surface area contributed by atoms with Crippen LogP contribution >= 0.6 is 0 Å². The monoisotopic (exact) mass is 277 g/mol. The predicted molar refractivity (Wildman–Crippen MR) is 53.7 cm³/mol. The summed E-state index contributed by atoms with van der Waals surface area (Å²) in [5, 5.41) is 0. The number of amides is 1. The topological polar surface area (TPSA) is 63.7 Å². The molecule has 0 radical (unpaired) electrons. The third-order valence-corrected chi connectivity index (χ3v) is 2.28. The molecule has 0 aliphatic carbocycles. The molecule has 0 aromatic heterocycles. The molecule has 5 nitrogen and oxygen atoms in total. The second-order valence-corrected chi connectivity index (χ2v) is 4.96. The summed E-state index contributed by atoms with van der Waals surface area (Å²) >= 11 is 0. The lowest BCUT2D eigenvalue weighted by molar-refractivity contribution is -0.185. The summed E-state index contributed by atoms with van der Waals surface area (Å²) < 4.78 is 61.9. The first-order chi connectivity index (χ1) is 7.58. The fourth-order valence-corrected chi connectivity index (χ4v) is 1.44. The number of carbonyl (C=O) groups is 1. The van der Waals surface area contributed by atoms with Crippen molar-refractivity contribution in [2.24, 2.45) is 0 Å². The van der Waals surface area contributed by atoms with E-state index in [4.69, 9.17) is 0 Å². The van der Waals surface area contributed by atoms with Gasteiger partial charge in [-0.25, -0.2) is 0 Å². The summed E-state index contributed by atoms with van der Waals surface area (Å²) in [5.41, 5.74) is 0. The number of rotatable bonds is 6. The van der Waals surface area contributed by atoms with Crippen molar-refractivity contribution < 1.29 is 30.6 Å². The summed E-state index contributed by atoms with van der Waals surface area (Å²) in [6.07, 6.45) is -3.84. The average Bonchev–Trinajstić information content (AvgIpc) is 2.12. The summed E-state index contributed by atoms with van der Waals surface area (Å²) in [6, 6.07) is 0. The first-order valence-electron chi connectivity index (χ1n) is 4.78. The van der Waals surface area contributed by atoms with Crippen LogP contribution in [0.4, 0.5) is 13.2 Å². The Balaban J connectivity index is 4.40. The fraction of sp³-hybridized carbons (Fsp3) is 0.875. The maximum Gasteiger partial charge on any atom is 0.471 e. The molecule has 0 bridgehead atoms. The van der Waals surface area contributed by atoms with Gasteiger partial charge in [0.25, 0.3) is 10.1 Å². The van der Waals surface area contributed by atoms with Gasteiger partial charge in [-0.05, 0) is 6.42 Å². The van der Waals surface area contributed by atoms with Crippen molar-refractivity contribution in [3.63, 3.8) is 0 Å².